The SMILES string of the molecule is Cc1cc(O)c2c(c1)C(O)=C1C(=O)C[C@H](C)[C@H]3[C@H]4c5c(c(O)c6cc(C)cc(O)c6c5O)C(=O)[C@@H]([C@@H]4C)C13C2=O. The number of benzene rings is 3. The molecule has 204 valence electrons. The number of fused-ring (bicyclic) bond motifs is 7. The van der Waals surface area contributed by atoms with Crippen LogP contribution in [0.5, 0.6) is 23.0 Å². The highest BCUT2D eigenvalue weighted by Crippen LogP contribution is 2.73. The van der Waals surface area contributed by atoms with Gasteiger partial charge in [-0.15, -0.1) is 0 Å². The third-order valence-corrected chi connectivity index (χ3v) is 10.0. The first kappa shape index (κ1) is 24.7. The van der Waals surface area contributed by atoms with Crippen LogP contribution in [0.25, 0.3) is 16.5 Å². The number of Topliss-reactive ketones (excluding diaryl/α,β-unsaturated/α-hetero) is 3. The molecule has 4 aliphatic carbocycles. The topological polar surface area (TPSA) is 152 Å². The Morgan fingerprint density at radius 3 is 2.17 bits per heavy atom. The molecule has 0 aliphatic heterocycles. The highest BCUT2D eigenvalue weighted by molar-refractivity contribution is 6.24. The Morgan fingerprint density at radius 2 is 1.48 bits per heavy atom. The van der Waals surface area contributed by atoms with Crippen molar-refractivity contribution in [2.24, 2.45) is 29.1 Å². The summed E-state index contributed by atoms with van der Waals surface area (Å²) in [4.78, 5) is 43.0. The quantitative estimate of drug-likeness (QED) is 0.244. The molecular weight excluding hydrogens is 512 g/mol. The standard InChI is InChI=1S/C32H28O8/c1-10-5-14-20(16(33)7-10)29(38)22-19-13(4)25(30(39)23(22)27(14)36)32-24(19)12(3)9-18(35)26(32)28(37)15-6-11(2)8-17(34)21(15)31(32)40/h5-8,12-13,19,24-25,33-34,36-38H,9H2,1-4H3/t12-,13+,19+,24-,25+,32?/m0/s1. The summed E-state index contributed by atoms with van der Waals surface area (Å²) in [7, 11) is 0. The molecule has 40 heavy (non-hydrogen) atoms. The maximum atomic E-state index is 14.7. The lowest BCUT2D eigenvalue weighted by molar-refractivity contribution is -0.120. The van der Waals surface area contributed by atoms with Crippen molar-refractivity contribution >= 4 is 33.9 Å². The number of carbonyl (C=O) groups excluding carboxylic acids is 3. The van der Waals surface area contributed by atoms with Gasteiger partial charge >= 0.3 is 0 Å². The monoisotopic (exact) mass is 540 g/mol. The van der Waals surface area contributed by atoms with Gasteiger partial charge in [-0.25, -0.2) is 0 Å². The molecule has 1 spiro atoms. The molecular formula is C32H28O8. The van der Waals surface area contributed by atoms with E-state index in [0.717, 1.165) is 0 Å². The normalized spacial score (nSPS) is 30.3. The molecule has 1 unspecified atom stereocenters. The second kappa shape index (κ2) is 7.44. The summed E-state index contributed by atoms with van der Waals surface area (Å²) < 4.78 is 0. The van der Waals surface area contributed by atoms with Crippen LogP contribution in [-0.4, -0.2) is 42.9 Å². The molecule has 7 rings (SSSR count). The Morgan fingerprint density at radius 1 is 0.825 bits per heavy atom. The number of hydrogen-bond acceptors (Lipinski definition) is 8. The number of ketones is 3. The van der Waals surface area contributed by atoms with E-state index in [0.29, 0.717) is 11.1 Å². The Hall–Kier alpha value is -4.33. The lowest BCUT2D eigenvalue weighted by Crippen LogP contribution is -2.54. The van der Waals surface area contributed by atoms with E-state index in [2.05, 4.69) is 0 Å². The average molecular weight is 541 g/mol. The predicted octanol–water partition coefficient (Wildman–Crippen LogP) is 5.20. The van der Waals surface area contributed by atoms with Gasteiger partial charge in [0.15, 0.2) is 17.3 Å². The van der Waals surface area contributed by atoms with Gasteiger partial charge in [0, 0.05) is 28.9 Å². The van der Waals surface area contributed by atoms with Crippen LogP contribution in [-0.2, 0) is 4.79 Å². The third-order valence-electron chi connectivity index (χ3n) is 10.0. The molecule has 2 bridgehead atoms. The molecule has 0 heterocycles. The first-order valence-electron chi connectivity index (χ1n) is 13.4. The van der Waals surface area contributed by atoms with Gasteiger partial charge in [0.05, 0.1) is 27.5 Å². The zero-order valence-electron chi connectivity index (χ0n) is 22.4. The van der Waals surface area contributed by atoms with Gasteiger partial charge in [0.2, 0.25) is 0 Å². The van der Waals surface area contributed by atoms with Crippen molar-refractivity contribution in [1.82, 2.24) is 0 Å². The van der Waals surface area contributed by atoms with Crippen molar-refractivity contribution in [3.05, 3.63) is 63.2 Å². The molecule has 2 fully saturated rings. The number of allylic oxidation sites excluding steroid dienone is 1. The van der Waals surface area contributed by atoms with Crippen molar-refractivity contribution in [2.45, 2.75) is 40.0 Å². The van der Waals surface area contributed by atoms with Gasteiger partial charge in [-0.2, -0.15) is 0 Å². The Balaban J connectivity index is 1.63. The zero-order valence-corrected chi connectivity index (χ0v) is 22.4. The average Bonchev–Trinajstić information content (AvgIpc) is 3.06. The Labute approximate surface area is 229 Å². The number of aliphatic hydroxyl groups excluding tert-OH is 1. The minimum absolute atomic E-state index is 0.00726. The lowest BCUT2D eigenvalue weighted by Gasteiger charge is -2.48. The largest absolute Gasteiger partial charge is 0.507 e. The fourth-order valence-electron chi connectivity index (χ4n) is 8.92. The molecule has 0 saturated heterocycles. The number of hydrogen-bond donors (Lipinski definition) is 5. The van der Waals surface area contributed by atoms with Crippen LogP contribution in [0.4, 0.5) is 0 Å². The smallest absolute Gasteiger partial charge is 0.179 e. The zero-order chi connectivity index (χ0) is 28.7. The van der Waals surface area contributed by atoms with Gasteiger partial charge < -0.3 is 25.5 Å². The summed E-state index contributed by atoms with van der Waals surface area (Å²) >= 11 is 0. The van der Waals surface area contributed by atoms with Crippen LogP contribution in [0.3, 0.4) is 0 Å². The summed E-state index contributed by atoms with van der Waals surface area (Å²) in [5, 5.41) is 56.6. The number of carbonyl (C=O) groups is 3. The molecule has 0 aromatic heterocycles. The van der Waals surface area contributed by atoms with E-state index in [4.69, 9.17) is 0 Å². The minimum atomic E-state index is -1.80. The Bertz CT molecular complexity index is 1810. The van der Waals surface area contributed by atoms with Crippen molar-refractivity contribution in [3.63, 3.8) is 0 Å². The van der Waals surface area contributed by atoms with Gasteiger partial charge in [0.25, 0.3) is 0 Å². The van der Waals surface area contributed by atoms with E-state index in [-0.39, 0.29) is 62.3 Å². The highest BCUT2D eigenvalue weighted by Gasteiger charge is 2.74. The molecule has 4 aliphatic rings. The maximum absolute atomic E-state index is 14.7. The molecule has 8 heteroatoms. The predicted molar refractivity (Wildman–Crippen MR) is 145 cm³/mol. The lowest BCUT2D eigenvalue weighted by atomic mass is 9.51. The van der Waals surface area contributed by atoms with Gasteiger partial charge in [-0.05, 0) is 72.9 Å². The minimum Gasteiger partial charge on any atom is -0.507 e. The number of aliphatic hydroxyl groups is 1. The van der Waals surface area contributed by atoms with Gasteiger partial charge in [0.1, 0.15) is 28.8 Å². The summed E-state index contributed by atoms with van der Waals surface area (Å²) in [5.41, 5.74) is -0.807. The summed E-state index contributed by atoms with van der Waals surface area (Å²) in [6.45, 7) is 6.99. The van der Waals surface area contributed by atoms with E-state index < -0.39 is 63.9 Å². The van der Waals surface area contributed by atoms with E-state index in [1.165, 1.54) is 12.1 Å². The van der Waals surface area contributed by atoms with Gasteiger partial charge in [-0.3, -0.25) is 14.4 Å². The van der Waals surface area contributed by atoms with Gasteiger partial charge in [-0.1, -0.05) is 13.8 Å². The van der Waals surface area contributed by atoms with Crippen LogP contribution >= 0.6 is 0 Å². The molecule has 2 saturated carbocycles. The third kappa shape index (κ3) is 2.51. The molecule has 3 aromatic carbocycles. The molecule has 5 N–H and O–H groups in total. The first-order chi connectivity index (χ1) is 18.8. The summed E-state index contributed by atoms with van der Waals surface area (Å²) in [6, 6.07) is 5.97. The molecule has 0 amide bonds. The van der Waals surface area contributed by atoms with E-state index >= 15 is 0 Å². The van der Waals surface area contributed by atoms with Crippen molar-refractivity contribution in [2.75, 3.05) is 0 Å². The number of rotatable bonds is 0. The number of aromatic hydroxyl groups is 4. The van der Waals surface area contributed by atoms with Crippen LogP contribution in [0.15, 0.2) is 29.8 Å². The van der Waals surface area contributed by atoms with Crippen LogP contribution in [0.2, 0.25) is 0 Å². The van der Waals surface area contributed by atoms with Crippen LogP contribution < -0.4 is 0 Å². The molecule has 3 aromatic rings. The maximum Gasteiger partial charge on any atom is 0.179 e. The van der Waals surface area contributed by atoms with Crippen molar-refractivity contribution in [3.8, 4) is 23.0 Å². The van der Waals surface area contributed by atoms with Crippen molar-refractivity contribution < 1.29 is 39.9 Å². The second-order valence-corrected chi connectivity index (χ2v) is 12.2. The van der Waals surface area contributed by atoms with E-state index in [1.807, 2.05) is 6.92 Å². The molecule has 0 radical (unpaired) electrons. The van der Waals surface area contributed by atoms with Crippen LogP contribution in [0, 0.1) is 42.9 Å². The van der Waals surface area contributed by atoms with E-state index in [9.17, 15) is 39.9 Å². The first-order valence-corrected chi connectivity index (χ1v) is 13.4. The van der Waals surface area contributed by atoms with Crippen molar-refractivity contribution in [1.29, 1.82) is 0 Å². The summed E-state index contributed by atoms with van der Waals surface area (Å²) in [6.07, 6.45) is 0.0104. The Kier molecular flexibility index (Phi) is 4.59. The fraction of sp³-hybridized carbons (Fsp3) is 0.344. The number of aryl methyl sites for hydroxylation is 2. The number of phenolic OH excluding ortho intramolecular Hbond substituents is 4. The number of phenols is 4. The highest BCUT2D eigenvalue weighted by atomic mass is 16.3. The van der Waals surface area contributed by atoms with Crippen LogP contribution in [0.1, 0.15) is 69.2 Å². The second-order valence-electron chi connectivity index (χ2n) is 12.2. The summed E-state index contributed by atoms with van der Waals surface area (Å²) in [5.74, 6) is -6.98. The molecule has 8 nitrogen and oxygen atoms in total. The fourth-order valence-corrected chi connectivity index (χ4v) is 8.92. The van der Waals surface area contributed by atoms with E-state index in [1.54, 1.807) is 32.9 Å². The molecule has 6 atom stereocenters.